The Morgan fingerprint density at radius 3 is 2.40 bits per heavy atom. The maximum Gasteiger partial charge on any atom is 0.140 e. The number of rotatable bonds is 3. The Balaban J connectivity index is 1.99. The molecule has 100 valence electrons. The van der Waals surface area contributed by atoms with Gasteiger partial charge in [-0.05, 0) is 24.6 Å². The summed E-state index contributed by atoms with van der Waals surface area (Å²) in [6.07, 6.45) is 3.86. The molecule has 2 aromatic carbocycles. The monoisotopic (exact) mass is 263 g/mol. The van der Waals surface area contributed by atoms with E-state index in [0.29, 0.717) is 0 Å². The molecule has 0 amide bonds. The SMILES string of the molecule is CC(c1ccc(N)cc1)n1ccnc1-c1ccccc1. The van der Waals surface area contributed by atoms with E-state index in [1.807, 2.05) is 42.7 Å². The first-order valence-corrected chi connectivity index (χ1v) is 6.69. The lowest BCUT2D eigenvalue weighted by Crippen LogP contribution is -2.07. The smallest absolute Gasteiger partial charge is 0.140 e. The van der Waals surface area contributed by atoms with Crippen molar-refractivity contribution in [2.75, 3.05) is 5.73 Å². The van der Waals surface area contributed by atoms with Crippen LogP contribution in [0, 0.1) is 0 Å². The largest absolute Gasteiger partial charge is 0.399 e. The molecule has 1 aromatic heterocycles. The highest BCUT2D eigenvalue weighted by Crippen LogP contribution is 2.25. The maximum atomic E-state index is 5.75. The fraction of sp³-hybridized carbons (Fsp3) is 0.118. The fourth-order valence-electron chi connectivity index (χ4n) is 2.37. The van der Waals surface area contributed by atoms with Crippen LogP contribution >= 0.6 is 0 Å². The number of anilines is 1. The van der Waals surface area contributed by atoms with Crippen LogP contribution in [-0.2, 0) is 0 Å². The van der Waals surface area contributed by atoms with Crippen molar-refractivity contribution in [1.29, 1.82) is 0 Å². The zero-order chi connectivity index (χ0) is 13.9. The Kier molecular flexibility index (Phi) is 3.25. The first-order valence-electron chi connectivity index (χ1n) is 6.69. The topological polar surface area (TPSA) is 43.8 Å². The molecule has 1 heterocycles. The Hall–Kier alpha value is -2.55. The number of nitrogens with two attached hydrogens (primary N) is 1. The van der Waals surface area contributed by atoms with Crippen LogP contribution in [0.3, 0.4) is 0 Å². The highest BCUT2D eigenvalue weighted by atomic mass is 15.1. The molecule has 3 rings (SSSR count). The number of benzene rings is 2. The third kappa shape index (κ3) is 2.30. The van der Waals surface area contributed by atoms with Crippen LogP contribution in [0.2, 0.25) is 0 Å². The minimum absolute atomic E-state index is 0.216. The van der Waals surface area contributed by atoms with E-state index in [9.17, 15) is 0 Å². The Morgan fingerprint density at radius 1 is 1.00 bits per heavy atom. The van der Waals surface area contributed by atoms with Crippen LogP contribution in [0.5, 0.6) is 0 Å². The van der Waals surface area contributed by atoms with Gasteiger partial charge in [-0.25, -0.2) is 4.98 Å². The molecule has 0 aliphatic heterocycles. The summed E-state index contributed by atoms with van der Waals surface area (Å²) in [7, 11) is 0. The lowest BCUT2D eigenvalue weighted by molar-refractivity contribution is 0.646. The number of hydrogen-bond donors (Lipinski definition) is 1. The Morgan fingerprint density at radius 2 is 1.70 bits per heavy atom. The van der Waals surface area contributed by atoms with Gasteiger partial charge in [0.05, 0.1) is 6.04 Å². The van der Waals surface area contributed by atoms with Crippen molar-refractivity contribution in [3.8, 4) is 11.4 Å². The molecule has 20 heavy (non-hydrogen) atoms. The molecule has 2 N–H and O–H groups in total. The van der Waals surface area contributed by atoms with Crippen LogP contribution in [0.1, 0.15) is 18.5 Å². The van der Waals surface area contributed by atoms with Gasteiger partial charge in [0.1, 0.15) is 5.82 Å². The van der Waals surface area contributed by atoms with Gasteiger partial charge in [-0.2, -0.15) is 0 Å². The average molecular weight is 263 g/mol. The van der Waals surface area contributed by atoms with Gasteiger partial charge >= 0.3 is 0 Å². The molecule has 0 aliphatic carbocycles. The van der Waals surface area contributed by atoms with Gasteiger partial charge in [0.2, 0.25) is 0 Å². The molecule has 1 atom stereocenters. The van der Waals surface area contributed by atoms with Crippen LogP contribution in [0.4, 0.5) is 5.69 Å². The van der Waals surface area contributed by atoms with Crippen molar-refractivity contribution in [3.63, 3.8) is 0 Å². The van der Waals surface area contributed by atoms with Gasteiger partial charge < -0.3 is 10.3 Å². The molecular weight excluding hydrogens is 246 g/mol. The van der Waals surface area contributed by atoms with Crippen LogP contribution in [-0.4, -0.2) is 9.55 Å². The summed E-state index contributed by atoms with van der Waals surface area (Å²) in [4.78, 5) is 4.49. The Bertz CT molecular complexity index is 684. The van der Waals surface area contributed by atoms with Gasteiger partial charge in [0.25, 0.3) is 0 Å². The highest BCUT2D eigenvalue weighted by molar-refractivity contribution is 5.55. The molecule has 0 bridgehead atoms. The van der Waals surface area contributed by atoms with Crippen molar-refractivity contribution in [3.05, 3.63) is 72.6 Å². The number of nitrogen functional groups attached to an aromatic ring is 1. The zero-order valence-corrected chi connectivity index (χ0v) is 11.4. The molecule has 0 saturated heterocycles. The molecular formula is C17H17N3. The standard InChI is InChI=1S/C17H17N3/c1-13(14-7-9-16(18)10-8-14)20-12-11-19-17(20)15-5-3-2-4-6-15/h2-13H,18H2,1H3. The summed E-state index contributed by atoms with van der Waals surface area (Å²) in [5.41, 5.74) is 8.88. The van der Waals surface area contributed by atoms with Gasteiger partial charge in [-0.1, -0.05) is 42.5 Å². The van der Waals surface area contributed by atoms with E-state index in [-0.39, 0.29) is 6.04 Å². The first kappa shape index (κ1) is 12.5. The van der Waals surface area contributed by atoms with E-state index >= 15 is 0 Å². The van der Waals surface area contributed by atoms with Crippen molar-refractivity contribution in [2.24, 2.45) is 0 Å². The second-order valence-corrected chi connectivity index (χ2v) is 4.87. The predicted molar refractivity (Wildman–Crippen MR) is 82.3 cm³/mol. The van der Waals surface area contributed by atoms with Crippen LogP contribution < -0.4 is 5.73 Å². The average Bonchev–Trinajstić information content (AvgIpc) is 2.97. The van der Waals surface area contributed by atoms with Crippen molar-refractivity contribution in [1.82, 2.24) is 9.55 Å². The van der Waals surface area contributed by atoms with Gasteiger partial charge in [0, 0.05) is 23.6 Å². The zero-order valence-electron chi connectivity index (χ0n) is 11.4. The number of nitrogens with zero attached hydrogens (tertiary/aromatic N) is 2. The van der Waals surface area contributed by atoms with E-state index in [1.54, 1.807) is 0 Å². The Labute approximate surface area is 118 Å². The fourth-order valence-corrected chi connectivity index (χ4v) is 2.37. The van der Waals surface area contributed by atoms with Gasteiger partial charge in [0.15, 0.2) is 0 Å². The molecule has 0 aliphatic rings. The molecule has 3 heteroatoms. The molecule has 1 unspecified atom stereocenters. The van der Waals surface area contributed by atoms with Gasteiger partial charge in [-0.3, -0.25) is 0 Å². The van der Waals surface area contributed by atoms with Crippen molar-refractivity contribution < 1.29 is 0 Å². The molecule has 0 spiro atoms. The second kappa shape index (κ2) is 5.21. The maximum absolute atomic E-state index is 5.75. The highest BCUT2D eigenvalue weighted by Gasteiger charge is 2.13. The molecule has 0 radical (unpaired) electrons. The number of hydrogen-bond acceptors (Lipinski definition) is 2. The summed E-state index contributed by atoms with van der Waals surface area (Å²) >= 11 is 0. The first-order chi connectivity index (χ1) is 9.75. The second-order valence-electron chi connectivity index (χ2n) is 4.87. The summed E-state index contributed by atoms with van der Waals surface area (Å²) in [6, 6.07) is 18.4. The summed E-state index contributed by atoms with van der Waals surface area (Å²) < 4.78 is 2.18. The lowest BCUT2D eigenvalue weighted by atomic mass is 10.1. The van der Waals surface area contributed by atoms with Crippen LogP contribution in [0.25, 0.3) is 11.4 Å². The predicted octanol–water partition coefficient (Wildman–Crippen LogP) is 3.74. The molecule has 3 nitrogen and oxygen atoms in total. The summed E-state index contributed by atoms with van der Waals surface area (Å²) in [5, 5.41) is 0. The molecule has 0 fully saturated rings. The molecule has 3 aromatic rings. The van der Waals surface area contributed by atoms with E-state index in [2.05, 4.69) is 40.7 Å². The van der Waals surface area contributed by atoms with Crippen LogP contribution in [0.15, 0.2) is 67.0 Å². The summed E-state index contributed by atoms with van der Waals surface area (Å²) in [5.74, 6) is 0.981. The number of aromatic nitrogens is 2. The third-order valence-corrected chi connectivity index (χ3v) is 3.54. The van der Waals surface area contributed by atoms with Crippen molar-refractivity contribution in [2.45, 2.75) is 13.0 Å². The van der Waals surface area contributed by atoms with Crippen molar-refractivity contribution >= 4 is 5.69 Å². The third-order valence-electron chi connectivity index (χ3n) is 3.54. The number of imidazole rings is 1. The van der Waals surface area contributed by atoms with E-state index in [4.69, 9.17) is 5.73 Å². The van der Waals surface area contributed by atoms with Gasteiger partial charge in [-0.15, -0.1) is 0 Å². The van der Waals surface area contributed by atoms with E-state index in [0.717, 1.165) is 17.1 Å². The quantitative estimate of drug-likeness (QED) is 0.731. The normalized spacial score (nSPS) is 12.2. The lowest BCUT2D eigenvalue weighted by Gasteiger charge is -2.17. The minimum Gasteiger partial charge on any atom is -0.399 e. The summed E-state index contributed by atoms with van der Waals surface area (Å²) in [6.45, 7) is 2.17. The minimum atomic E-state index is 0.216. The molecule has 0 saturated carbocycles. The van der Waals surface area contributed by atoms with E-state index in [1.165, 1.54) is 5.56 Å². The van der Waals surface area contributed by atoms with E-state index < -0.39 is 0 Å².